The summed E-state index contributed by atoms with van der Waals surface area (Å²) in [5.74, 6) is 0. The van der Waals surface area contributed by atoms with Crippen molar-refractivity contribution in [3.8, 4) is 0 Å². The summed E-state index contributed by atoms with van der Waals surface area (Å²) < 4.78 is 0. The smallest absolute Gasteiger partial charge is 0.0171 e. The van der Waals surface area contributed by atoms with Gasteiger partial charge in [-0.2, -0.15) is 0 Å². The molecule has 0 amide bonds. The molecular formula is C10H12LiSi. The fraction of sp³-hybridized carbons (Fsp3) is 0.200. The maximum Gasteiger partial charge on any atom is 0.0171 e. The van der Waals surface area contributed by atoms with Crippen molar-refractivity contribution in [2.24, 2.45) is 0 Å². The predicted octanol–water partition coefficient (Wildman–Crippen LogP) is 1.05. The monoisotopic (exact) mass is 167 g/mol. The van der Waals surface area contributed by atoms with Crippen LogP contribution in [0.3, 0.4) is 0 Å². The van der Waals surface area contributed by atoms with Gasteiger partial charge in [-0.15, -0.1) is 0 Å². The Balaban J connectivity index is 0.000000720. The third-order valence-electron chi connectivity index (χ3n) is 2.30. The maximum atomic E-state index is 2.32. The molecule has 1 aromatic rings. The molecule has 2 rings (SSSR count). The summed E-state index contributed by atoms with van der Waals surface area (Å²) in [6.45, 7) is 2.16. The Morgan fingerprint density at radius 1 is 1.33 bits per heavy atom. The van der Waals surface area contributed by atoms with Crippen molar-refractivity contribution in [3.63, 3.8) is 0 Å². The zero-order valence-corrected chi connectivity index (χ0v) is 9.96. The summed E-state index contributed by atoms with van der Waals surface area (Å²) in [6.07, 6.45) is 4.56. The van der Waals surface area contributed by atoms with Crippen LogP contribution in [-0.4, -0.2) is 29.1 Å². The fourth-order valence-corrected chi connectivity index (χ4v) is 2.28. The van der Waals surface area contributed by atoms with E-state index < -0.39 is 0 Å². The Morgan fingerprint density at radius 3 is 2.83 bits per heavy atom. The summed E-state index contributed by atoms with van der Waals surface area (Å²) in [5, 5.41) is 0. The third kappa shape index (κ3) is 1.59. The number of rotatable bonds is 0. The Morgan fingerprint density at radius 2 is 2.08 bits per heavy atom. The largest absolute Gasteiger partial charge is 0.0801 e. The van der Waals surface area contributed by atoms with Crippen LogP contribution in [0.25, 0.3) is 6.08 Å². The first-order valence-electron chi connectivity index (χ1n) is 4.06. The molecule has 1 atom stereocenters. The average Bonchev–Trinajstić information content (AvgIpc) is 2.33. The van der Waals surface area contributed by atoms with Crippen LogP contribution >= 0.6 is 0 Å². The minimum atomic E-state index is 0. The van der Waals surface area contributed by atoms with Crippen molar-refractivity contribution in [1.82, 2.24) is 0 Å². The first-order chi connectivity index (χ1) is 5.27. The molecule has 12 heavy (non-hydrogen) atoms. The first-order valence-corrected chi connectivity index (χ1v) is 5.21. The van der Waals surface area contributed by atoms with E-state index in [0.717, 1.165) is 5.54 Å². The van der Waals surface area contributed by atoms with Crippen molar-refractivity contribution in [1.29, 1.82) is 0 Å². The summed E-state index contributed by atoms with van der Waals surface area (Å²) in [5.41, 5.74) is 5.10. The van der Waals surface area contributed by atoms with E-state index >= 15 is 0 Å². The van der Waals surface area contributed by atoms with E-state index in [-0.39, 0.29) is 18.9 Å². The summed E-state index contributed by atoms with van der Waals surface area (Å²) in [6, 6.07) is 6.72. The van der Waals surface area contributed by atoms with Crippen molar-refractivity contribution in [2.45, 2.75) is 12.5 Å². The second kappa shape index (κ2) is 3.66. The van der Waals surface area contributed by atoms with Crippen molar-refractivity contribution in [3.05, 3.63) is 41.0 Å². The molecule has 0 saturated heterocycles. The molecule has 1 aliphatic rings. The van der Waals surface area contributed by atoms with Gasteiger partial charge in [0.1, 0.15) is 0 Å². The molecule has 2 heteroatoms. The summed E-state index contributed by atoms with van der Waals surface area (Å²) >= 11 is 0. The molecule has 1 unspecified atom stereocenters. The van der Waals surface area contributed by atoms with Gasteiger partial charge in [0.2, 0.25) is 0 Å². The van der Waals surface area contributed by atoms with E-state index in [4.69, 9.17) is 0 Å². The van der Waals surface area contributed by atoms with Crippen LogP contribution in [0.2, 0.25) is 0 Å². The van der Waals surface area contributed by atoms with Gasteiger partial charge in [0.15, 0.2) is 0 Å². The molecule has 0 N–H and O–H groups in total. The average molecular weight is 167 g/mol. The molecule has 57 valence electrons. The van der Waals surface area contributed by atoms with Crippen LogP contribution in [0, 0.1) is 6.92 Å². The van der Waals surface area contributed by atoms with E-state index in [1.807, 2.05) is 0 Å². The van der Waals surface area contributed by atoms with Crippen molar-refractivity contribution < 1.29 is 0 Å². The van der Waals surface area contributed by atoms with Gasteiger partial charge >= 0.3 is 0 Å². The number of allylic oxidation sites excluding steroid dienone is 1. The Kier molecular flexibility index (Phi) is 3.01. The molecule has 1 aromatic carbocycles. The number of aryl methyl sites for hydroxylation is 1. The summed E-state index contributed by atoms with van der Waals surface area (Å²) in [7, 11) is 1.24. The van der Waals surface area contributed by atoms with Gasteiger partial charge in [-0.1, -0.05) is 35.9 Å². The van der Waals surface area contributed by atoms with Gasteiger partial charge in [0.25, 0.3) is 0 Å². The molecule has 0 bridgehead atoms. The molecule has 0 heterocycles. The number of fused-ring (bicyclic) bond motifs is 1. The normalized spacial score (nSPS) is 18.9. The summed E-state index contributed by atoms with van der Waals surface area (Å²) in [4.78, 5) is 0. The molecule has 0 spiro atoms. The van der Waals surface area contributed by atoms with Crippen LogP contribution in [-0.2, 0) is 0 Å². The second-order valence-corrected chi connectivity index (χ2v) is 4.52. The minimum Gasteiger partial charge on any atom is -0.0801 e. The molecule has 0 nitrogen and oxygen atoms in total. The van der Waals surface area contributed by atoms with E-state index in [2.05, 4.69) is 37.3 Å². The van der Waals surface area contributed by atoms with Gasteiger partial charge in [0, 0.05) is 29.1 Å². The van der Waals surface area contributed by atoms with Crippen LogP contribution in [0.15, 0.2) is 24.3 Å². The zero-order chi connectivity index (χ0) is 7.84. The standard InChI is InChI=1S/C10H12Si.Li/c1-7-2-3-8-4-5-10(11)9(8)6-7;/h2-6,10H,1,11H3;. The van der Waals surface area contributed by atoms with Crippen LogP contribution < -0.4 is 0 Å². The molecule has 1 radical (unpaired) electrons. The molecule has 0 aliphatic heterocycles. The quantitative estimate of drug-likeness (QED) is 0.507. The fourth-order valence-electron chi connectivity index (χ4n) is 1.59. The predicted molar refractivity (Wildman–Crippen MR) is 58.6 cm³/mol. The Bertz CT molecular complexity index is 318. The van der Waals surface area contributed by atoms with Crippen LogP contribution in [0.1, 0.15) is 22.2 Å². The molecular weight excluding hydrogens is 155 g/mol. The molecule has 0 aromatic heterocycles. The first kappa shape index (κ1) is 9.86. The van der Waals surface area contributed by atoms with Crippen molar-refractivity contribution >= 4 is 35.2 Å². The topological polar surface area (TPSA) is 0 Å². The van der Waals surface area contributed by atoms with Gasteiger partial charge in [0.05, 0.1) is 0 Å². The Labute approximate surface area is 88.7 Å². The second-order valence-electron chi connectivity index (χ2n) is 3.28. The molecule has 0 fully saturated rings. The van der Waals surface area contributed by atoms with Gasteiger partial charge < -0.3 is 0 Å². The Hall–Kier alpha value is -0.226. The number of hydrogen-bond acceptors (Lipinski definition) is 0. The van der Waals surface area contributed by atoms with E-state index in [1.54, 1.807) is 0 Å². The van der Waals surface area contributed by atoms with Crippen molar-refractivity contribution in [2.75, 3.05) is 0 Å². The third-order valence-corrected chi connectivity index (χ3v) is 3.30. The van der Waals surface area contributed by atoms with E-state index in [1.165, 1.54) is 26.9 Å². The molecule has 1 aliphatic carbocycles. The minimum absolute atomic E-state index is 0. The van der Waals surface area contributed by atoms with E-state index in [9.17, 15) is 0 Å². The molecule has 0 saturated carbocycles. The van der Waals surface area contributed by atoms with Gasteiger partial charge in [-0.05, 0) is 23.6 Å². The van der Waals surface area contributed by atoms with Crippen LogP contribution in [0.5, 0.6) is 0 Å². The van der Waals surface area contributed by atoms with Gasteiger partial charge in [-0.3, -0.25) is 0 Å². The van der Waals surface area contributed by atoms with Crippen LogP contribution in [0.4, 0.5) is 0 Å². The van der Waals surface area contributed by atoms with E-state index in [0.29, 0.717) is 0 Å². The zero-order valence-electron chi connectivity index (χ0n) is 7.96. The van der Waals surface area contributed by atoms with Gasteiger partial charge in [-0.25, -0.2) is 0 Å². The number of hydrogen-bond donors (Lipinski definition) is 0. The number of benzene rings is 1. The SMILES string of the molecule is Cc1ccc2c(c1)C([SiH3])C=C2.[Li]. The maximum absolute atomic E-state index is 2.32.